The predicted octanol–water partition coefficient (Wildman–Crippen LogP) is 4.84. The largest absolute Gasteiger partial charge is 0.478 e. The van der Waals surface area contributed by atoms with Gasteiger partial charge in [0.05, 0.1) is 29.3 Å². The van der Waals surface area contributed by atoms with Crippen molar-refractivity contribution in [1.82, 2.24) is 9.97 Å². The molecule has 2 amide bonds. The first-order chi connectivity index (χ1) is 15.9. The van der Waals surface area contributed by atoms with E-state index in [0.29, 0.717) is 17.2 Å². The fourth-order valence-electron chi connectivity index (χ4n) is 3.07. The number of carbonyl (C=O) groups is 3. The van der Waals surface area contributed by atoms with Crippen LogP contribution in [0.5, 0.6) is 0 Å². The number of aromatic carboxylic acids is 1. The Morgan fingerprint density at radius 2 is 1.64 bits per heavy atom. The van der Waals surface area contributed by atoms with Crippen molar-refractivity contribution in [1.29, 1.82) is 0 Å². The monoisotopic (exact) mass is 462 g/mol. The van der Waals surface area contributed by atoms with Gasteiger partial charge in [0.2, 0.25) is 5.95 Å². The van der Waals surface area contributed by atoms with E-state index in [4.69, 9.17) is 0 Å². The van der Waals surface area contributed by atoms with Gasteiger partial charge >= 0.3 is 12.1 Å². The highest BCUT2D eigenvalue weighted by atomic mass is 32.2. The summed E-state index contributed by atoms with van der Waals surface area (Å²) in [5.74, 6) is -1.35. The molecular weight excluding hydrogens is 444 g/mol. The van der Waals surface area contributed by atoms with Crippen LogP contribution in [-0.2, 0) is 4.74 Å². The van der Waals surface area contributed by atoms with Crippen molar-refractivity contribution in [3.05, 3.63) is 77.9 Å². The second-order valence-electron chi connectivity index (χ2n) is 6.81. The summed E-state index contributed by atoms with van der Waals surface area (Å²) >= 11 is 1.51. The zero-order valence-corrected chi connectivity index (χ0v) is 18.1. The van der Waals surface area contributed by atoms with E-state index in [2.05, 4.69) is 25.3 Å². The number of carboxylic acid groups (broad SMARTS) is 1. The molecule has 1 aromatic heterocycles. The van der Waals surface area contributed by atoms with E-state index in [0.717, 1.165) is 15.3 Å². The number of imidazole rings is 1. The number of rotatable bonds is 6. The molecule has 0 unspecified atom stereocenters. The molecule has 0 saturated carbocycles. The fraction of sp³-hybridized carbons (Fsp3) is 0.0435. The Morgan fingerprint density at radius 3 is 2.33 bits per heavy atom. The van der Waals surface area contributed by atoms with Crippen LogP contribution in [0.3, 0.4) is 0 Å². The summed E-state index contributed by atoms with van der Waals surface area (Å²) in [6.45, 7) is 0. The van der Waals surface area contributed by atoms with Crippen LogP contribution in [0.25, 0.3) is 11.0 Å². The molecule has 0 fully saturated rings. The maximum absolute atomic E-state index is 12.5. The summed E-state index contributed by atoms with van der Waals surface area (Å²) in [7, 11) is 1.28. The van der Waals surface area contributed by atoms with Gasteiger partial charge in [0.25, 0.3) is 5.91 Å². The lowest BCUT2D eigenvalue weighted by molar-refractivity contribution is 0.0692. The summed E-state index contributed by atoms with van der Waals surface area (Å²) in [6, 6.07) is 18.9. The van der Waals surface area contributed by atoms with Gasteiger partial charge in [-0.05, 0) is 54.6 Å². The van der Waals surface area contributed by atoms with E-state index < -0.39 is 18.0 Å². The highest BCUT2D eigenvalue weighted by Gasteiger charge is 2.16. The van der Waals surface area contributed by atoms with Crippen LogP contribution in [0.2, 0.25) is 0 Å². The number of anilines is 2. The standard InChI is InChI=1S/C23H18N4O5S/c1-32-23(31)27-22-25-18-11-10-15(12-19(18)26-22)33-14-8-6-13(7-9-14)24-20(28)16-4-2-3-5-17(16)21(29)30/h2-12H,1H3,(H,24,28)(H,29,30)(H2,25,26,27,31). The highest BCUT2D eigenvalue weighted by molar-refractivity contribution is 7.99. The maximum atomic E-state index is 12.5. The third-order valence-corrected chi connectivity index (χ3v) is 5.61. The average molecular weight is 462 g/mol. The van der Waals surface area contributed by atoms with Gasteiger partial charge in [-0.15, -0.1) is 0 Å². The number of fused-ring (bicyclic) bond motifs is 1. The highest BCUT2D eigenvalue weighted by Crippen LogP contribution is 2.31. The Bertz CT molecular complexity index is 1350. The minimum atomic E-state index is -1.16. The van der Waals surface area contributed by atoms with Crippen molar-refractivity contribution in [3.8, 4) is 0 Å². The Kier molecular flexibility index (Phi) is 6.27. The summed E-state index contributed by atoms with van der Waals surface area (Å²) in [4.78, 5) is 44.3. The summed E-state index contributed by atoms with van der Waals surface area (Å²) in [5.41, 5.74) is 2.05. The Morgan fingerprint density at radius 1 is 0.939 bits per heavy atom. The molecule has 4 rings (SSSR count). The maximum Gasteiger partial charge on any atom is 0.413 e. The number of nitrogens with zero attached hydrogens (tertiary/aromatic N) is 1. The third kappa shape index (κ3) is 5.13. The van der Waals surface area contributed by atoms with Crippen molar-refractivity contribution >= 4 is 52.4 Å². The number of benzene rings is 3. The molecule has 10 heteroatoms. The van der Waals surface area contributed by atoms with E-state index in [9.17, 15) is 19.5 Å². The number of nitrogens with one attached hydrogen (secondary N) is 3. The first-order valence-corrected chi connectivity index (χ1v) is 10.5. The lowest BCUT2D eigenvalue weighted by Crippen LogP contribution is -2.16. The number of amides is 2. The zero-order valence-electron chi connectivity index (χ0n) is 17.3. The number of carbonyl (C=O) groups excluding carboxylic acids is 2. The molecule has 4 N–H and O–H groups in total. The van der Waals surface area contributed by atoms with Crippen LogP contribution in [-0.4, -0.2) is 40.2 Å². The molecule has 0 spiro atoms. The Balaban J connectivity index is 1.44. The molecular formula is C23H18N4O5S. The van der Waals surface area contributed by atoms with Crippen molar-refractivity contribution in [3.63, 3.8) is 0 Å². The molecule has 0 aliphatic heterocycles. The minimum Gasteiger partial charge on any atom is -0.478 e. The van der Waals surface area contributed by atoms with Crippen molar-refractivity contribution in [2.75, 3.05) is 17.7 Å². The van der Waals surface area contributed by atoms with Crippen molar-refractivity contribution < 1.29 is 24.2 Å². The normalized spacial score (nSPS) is 10.6. The van der Waals surface area contributed by atoms with Crippen LogP contribution in [0.15, 0.2) is 76.5 Å². The van der Waals surface area contributed by atoms with E-state index in [1.54, 1.807) is 24.3 Å². The van der Waals surface area contributed by atoms with Gasteiger partial charge in [0.15, 0.2) is 0 Å². The van der Waals surface area contributed by atoms with Crippen LogP contribution in [0, 0.1) is 0 Å². The second-order valence-corrected chi connectivity index (χ2v) is 7.96. The van der Waals surface area contributed by atoms with Gasteiger partial charge in [-0.25, -0.2) is 14.6 Å². The van der Waals surface area contributed by atoms with Crippen molar-refractivity contribution in [2.45, 2.75) is 9.79 Å². The number of H-pyrrole nitrogens is 1. The molecule has 3 aromatic carbocycles. The minimum absolute atomic E-state index is 0.0543. The quantitative estimate of drug-likeness (QED) is 0.322. The summed E-state index contributed by atoms with van der Waals surface area (Å²) in [5, 5.41) is 14.5. The summed E-state index contributed by atoms with van der Waals surface area (Å²) < 4.78 is 4.56. The summed E-state index contributed by atoms with van der Waals surface area (Å²) in [6.07, 6.45) is -0.609. The second kappa shape index (κ2) is 9.45. The molecule has 0 aliphatic carbocycles. The Hall–Kier alpha value is -4.31. The number of hydrogen-bond donors (Lipinski definition) is 4. The lowest BCUT2D eigenvalue weighted by atomic mass is 10.1. The smallest absolute Gasteiger partial charge is 0.413 e. The fourth-order valence-corrected chi connectivity index (χ4v) is 3.92. The van der Waals surface area contributed by atoms with Crippen LogP contribution in [0.4, 0.5) is 16.4 Å². The molecule has 1 heterocycles. The molecule has 0 radical (unpaired) electrons. The molecule has 0 atom stereocenters. The first kappa shape index (κ1) is 21.9. The van der Waals surface area contributed by atoms with Gasteiger partial charge in [-0.3, -0.25) is 10.1 Å². The SMILES string of the molecule is COC(=O)Nc1nc2ccc(Sc3ccc(NC(=O)c4ccccc4C(=O)O)cc3)cc2[nH]1. The number of carboxylic acids is 1. The predicted molar refractivity (Wildman–Crippen MR) is 124 cm³/mol. The molecule has 0 saturated heterocycles. The molecule has 33 heavy (non-hydrogen) atoms. The molecule has 4 aromatic rings. The van der Waals surface area contributed by atoms with Gasteiger partial charge in [-0.1, -0.05) is 23.9 Å². The number of hydrogen-bond acceptors (Lipinski definition) is 6. The molecule has 0 bridgehead atoms. The molecule has 9 nitrogen and oxygen atoms in total. The van der Waals surface area contributed by atoms with E-state index in [-0.39, 0.29) is 11.1 Å². The number of ether oxygens (including phenoxy) is 1. The van der Waals surface area contributed by atoms with E-state index in [1.165, 1.54) is 31.0 Å². The molecule has 166 valence electrons. The number of aromatic nitrogens is 2. The van der Waals surface area contributed by atoms with Gasteiger partial charge in [-0.2, -0.15) is 0 Å². The number of methoxy groups -OCH3 is 1. The van der Waals surface area contributed by atoms with Crippen molar-refractivity contribution in [2.24, 2.45) is 0 Å². The van der Waals surface area contributed by atoms with Crippen LogP contribution in [0.1, 0.15) is 20.7 Å². The van der Waals surface area contributed by atoms with Gasteiger partial charge in [0, 0.05) is 15.5 Å². The van der Waals surface area contributed by atoms with Crippen LogP contribution < -0.4 is 10.6 Å². The zero-order chi connectivity index (χ0) is 23.4. The van der Waals surface area contributed by atoms with E-state index >= 15 is 0 Å². The topological polar surface area (TPSA) is 133 Å². The van der Waals surface area contributed by atoms with Gasteiger partial charge in [0.1, 0.15) is 0 Å². The average Bonchev–Trinajstić information content (AvgIpc) is 3.21. The lowest BCUT2D eigenvalue weighted by Gasteiger charge is -2.08. The van der Waals surface area contributed by atoms with Crippen LogP contribution >= 0.6 is 11.8 Å². The van der Waals surface area contributed by atoms with E-state index in [1.807, 2.05) is 30.3 Å². The number of aromatic amines is 1. The molecule has 0 aliphatic rings. The third-order valence-electron chi connectivity index (χ3n) is 4.61. The Labute approximate surface area is 192 Å². The first-order valence-electron chi connectivity index (χ1n) is 9.69. The van der Waals surface area contributed by atoms with Gasteiger partial charge < -0.3 is 20.1 Å².